The van der Waals surface area contributed by atoms with Crippen molar-refractivity contribution < 1.29 is 13.9 Å². The smallest absolute Gasteiger partial charge is 0.323 e. The molecule has 3 rings (SSSR count). The number of hydrogen-bond acceptors (Lipinski definition) is 3. The molecule has 0 aliphatic carbocycles. The molecule has 0 unspecified atom stereocenters. The van der Waals surface area contributed by atoms with Crippen molar-refractivity contribution in [1.82, 2.24) is 4.98 Å². The highest BCUT2D eigenvalue weighted by atomic mass is 35.5. The van der Waals surface area contributed by atoms with Crippen molar-refractivity contribution in [2.24, 2.45) is 0 Å². The summed E-state index contributed by atoms with van der Waals surface area (Å²) in [4.78, 5) is 16.2. The van der Waals surface area contributed by atoms with Crippen LogP contribution in [0.1, 0.15) is 11.3 Å². The van der Waals surface area contributed by atoms with Gasteiger partial charge in [-0.3, -0.25) is 4.98 Å². The summed E-state index contributed by atoms with van der Waals surface area (Å²) in [6.07, 6.45) is 1.61. The van der Waals surface area contributed by atoms with Gasteiger partial charge in [-0.1, -0.05) is 11.6 Å². The maximum absolute atomic E-state index is 14.3. The highest BCUT2D eigenvalue weighted by molar-refractivity contribution is 6.31. The van der Waals surface area contributed by atoms with E-state index in [0.29, 0.717) is 22.2 Å². The molecule has 0 spiro atoms. The molecule has 1 aromatic heterocycles. The maximum Gasteiger partial charge on any atom is 0.323 e. The normalized spacial score (nSPS) is 10.4. The number of nitrogens with one attached hydrogen (secondary N) is 2. The molecule has 0 fully saturated rings. The number of rotatable bonds is 4. The molecule has 7 heteroatoms. The van der Waals surface area contributed by atoms with E-state index in [4.69, 9.17) is 16.3 Å². The Hall–Kier alpha value is -3.12. The van der Waals surface area contributed by atoms with Crippen LogP contribution in [0.25, 0.3) is 0 Å². The van der Waals surface area contributed by atoms with Crippen LogP contribution in [0.15, 0.2) is 54.7 Å². The van der Waals surface area contributed by atoms with Crippen LogP contribution in [0.4, 0.5) is 20.6 Å². The molecular weight excluding hydrogens is 369 g/mol. The number of ether oxygens (including phenoxy) is 1. The highest BCUT2D eigenvalue weighted by Crippen LogP contribution is 2.26. The Labute approximate surface area is 161 Å². The summed E-state index contributed by atoms with van der Waals surface area (Å²) in [7, 11) is 0. The lowest BCUT2D eigenvalue weighted by Gasteiger charge is -2.11. The van der Waals surface area contributed by atoms with Crippen molar-refractivity contribution in [1.29, 1.82) is 0 Å². The average Bonchev–Trinajstić information content (AvgIpc) is 2.61. The molecule has 1 heterocycles. The third-order valence-corrected chi connectivity index (χ3v) is 4.13. The lowest BCUT2D eigenvalue weighted by molar-refractivity contribution is 0.262. The molecule has 5 nitrogen and oxygen atoms in total. The van der Waals surface area contributed by atoms with Crippen LogP contribution in [-0.2, 0) is 0 Å². The largest absolute Gasteiger partial charge is 0.457 e. The van der Waals surface area contributed by atoms with E-state index in [9.17, 15) is 9.18 Å². The zero-order valence-electron chi connectivity index (χ0n) is 14.7. The van der Waals surface area contributed by atoms with Gasteiger partial charge in [0.05, 0.1) is 5.69 Å². The zero-order chi connectivity index (χ0) is 19.4. The monoisotopic (exact) mass is 385 g/mol. The van der Waals surface area contributed by atoms with E-state index >= 15 is 0 Å². The Morgan fingerprint density at radius 2 is 1.81 bits per heavy atom. The minimum absolute atomic E-state index is 0.0384. The molecule has 0 saturated carbocycles. The third kappa shape index (κ3) is 4.95. The summed E-state index contributed by atoms with van der Waals surface area (Å²) >= 11 is 5.96. The highest BCUT2D eigenvalue weighted by Gasteiger charge is 2.10. The number of benzene rings is 2. The van der Waals surface area contributed by atoms with Crippen LogP contribution in [0, 0.1) is 19.7 Å². The molecule has 2 amide bonds. The molecule has 0 saturated heterocycles. The third-order valence-electron chi connectivity index (χ3n) is 3.71. The van der Waals surface area contributed by atoms with Crippen molar-refractivity contribution in [3.8, 4) is 11.5 Å². The van der Waals surface area contributed by atoms with E-state index in [-0.39, 0.29) is 5.69 Å². The van der Waals surface area contributed by atoms with Gasteiger partial charge in [0.15, 0.2) is 0 Å². The van der Waals surface area contributed by atoms with Gasteiger partial charge in [0, 0.05) is 34.7 Å². The lowest BCUT2D eigenvalue weighted by Crippen LogP contribution is -2.20. The van der Waals surface area contributed by atoms with Gasteiger partial charge < -0.3 is 15.4 Å². The topological polar surface area (TPSA) is 63.2 Å². The van der Waals surface area contributed by atoms with E-state index in [1.54, 1.807) is 42.6 Å². The first kappa shape index (κ1) is 18.7. The fourth-order valence-corrected chi connectivity index (χ4v) is 2.50. The number of nitrogens with zero attached hydrogens (tertiary/aromatic N) is 1. The molecule has 0 aliphatic heterocycles. The van der Waals surface area contributed by atoms with Crippen LogP contribution in [0.3, 0.4) is 0 Å². The van der Waals surface area contributed by atoms with E-state index in [1.165, 1.54) is 12.1 Å². The van der Waals surface area contributed by atoms with Crippen LogP contribution < -0.4 is 15.4 Å². The Morgan fingerprint density at radius 3 is 2.52 bits per heavy atom. The first-order valence-corrected chi connectivity index (χ1v) is 8.53. The predicted molar refractivity (Wildman–Crippen MR) is 104 cm³/mol. The fourth-order valence-electron chi connectivity index (χ4n) is 2.39. The fraction of sp³-hybridized carbons (Fsp3) is 0.100. The van der Waals surface area contributed by atoms with Gasteiger partial charge in [-0.15, -0.1) is 0 Å². The first-order valence-electron chi connectivity index (χ1n) is 8.15. The molecule has 27 heavy (non-hydrogen) atoms. The molecule has 0 aliphatic rings. The molecule has 0 atom stereocenters. The van der Waals surface area contributed by atoms with Gasteiger partial charge in [-0.05, 0) is 55.8 Å². The van der Waals surface area contributed by atoms with Crippen LogP contribution in [-0.4, -0.2) is 11.0 Å². The summed E-state index contributed by atoms with van der Waals surface area (Å²) in [5.74, 6) is 0.261. The van der Waals surface area contributed by atoms with Gasteiger partial charge in [0.1, 0.15) is 17.3 Å². The number of carbonyl (C=O) groups is 1. The number of halogens is 2. The van der Waals surface area contributed by atoms with Gasteiger partial charge in [-0.25, -0.2) is 9.18 Å². The number of aryl methyl sites for hydroxylation is 2. The van der Waals surface area contributed by atoms with Gasteiger partial charge in [-0.2, -0.15) is 0 Å². The Morgan fingerprint density at radius 1 is 1.04 bits per heavy atom. The number of anilines is 2. The van der Waals surface area contributed by atoms with Gasteiger partial charge >= 0.3 is 6.03 Å². The number of amides is 2. The molecule has 2 N–H and O–H groups in total. The number of aromatic nitrogens is 1. The second-order valence-corrected chi connectivity index (χ2v) is 6.33. The summed E-state index contributed by atoms with van der Waals surface area (Å²) in [6, 6.07) is 12.1. The van der Waals surface area contributed by atoms with Crippen molar-refractivity contribution in [3.63, 3.8) is 0 Å². The van der Waals surface area contributed by atoms with Crippen molar-refractivity contribution in [2.75, 3.05) is 10.6 Å². The second-order valence-electron chi connectivity index (χ2n) is 5.92. The summed E-state index contributed by atoms with van der Waals surface area (Å²) in [6.45, 7) is 3.66. The summed E-state index contributed by atoms with van der Waals surface area (Å²) < 4.78 is 19.9. The molecule has 0 radical (unpaired) electrons. The van der Waals surface area contributed by atoms with E-state index < -0.39 is 11.8 Å². The van der Waals surface area contributed by atoms with Crippen molar-refractivity contribution in [3.05, 3.63) is 76.8 Å². The molecule has 138 valence electrons. The molecular formula is C20H17ClFN3O2. The number of carbonyl (C=O) groups excluding carboxylic acids is 1. The van der Waals surface area contributed by atoms with E-state index in [0.717, 1.165) is 11.3 Å². The number of hydrogen-bond donors (Lipinski definition) is 2. The van der Waals surface area contributed by atoms with Crippen LogP contribution >= 0.6 is 11.6 Å². The van der Waals surface area contributed by atoms with Gasteiger partial charge in [0.2, 0.25) is 0 Å². The minimum Gasteiger partial charge on any atom is -0.457 e. The number of pyridine rings is 1. The van der Waals surface area contributed by atoms with Gasteiger partial charge in [0.25, 0.3) is 0 Å². The van der Waals surface area contributed by atoms with Crippen molar-refractivity contribution in [2.45, 2.75) is 13.8 Å². The first-order chi connectivity index (χ1) is 12.9. The molecule has 2 aromatic carbocycles. The molecule has 3 aromatic rings. The van der Waals surface area contributed by atoms with E-state index in [1.807, 2.05) is 13.8 Å². The van der Waals surface area contributed by atoms with E-state index in [2.05, 4.69) is 15.6 Å². The number of urea groups is 1. The summed E-state index contributed by atoms with van der Waals surface area (Å²) in [5.41, 5.74) is 2.22. The lowest BCUT2D eigenvalue weighted by atomic mass is 10.2. The second kappa shape index (κ2) is 8.05. The standard InChI is InChI=1S/C20H17ClFN3O2/c1-12-9-14(3-5-17(12)21)24-20(26)25-19-6-4-15(11-18(19)22)27-16-7-8-23-13(2)10-16/h3-11H,1-2H3,(H2,24,25,26). The Kier molecular flexibility index (Phi) is 5.57. The zero-order valence-corrected chi connectivity index (χ0v) is 15.5. The quantitative estimate of drug-likeness (QED) is 0.585. The van der Waals surface area contributed by atoms with Crippen molar-refractivity contribution >= 4 is 29.0 Å². The Balaban J connectivity index is 1.66. The maximum atomic E-state index is 14.3. The minimum atomic E-state index is -0.610. The predicted octanol–water partition coefficient (Wildman–Crippen LogP) is 5.93. The SMILES string of the molecule is Cc1cc(Oc2ccc(NC(=O)Nc3ccc(Cl)c(C)c3)c(F)c2)ccn1. The molecule has 0 bridgehead atoms. The van der Waals surface area contributed by atoms with Crippen LogP contribution in [0.5, 0.6) is 11.5 Å². The average molecular weight is 386 g/mol. The summed E-state index contributed by atoms with van der Waals surface area (Å²) in [5, 5.41) is 5.71. The van der Waals surface area contributed by atoms with Crippen LogP contribution in [0.2, 0.25) is 5.02 Å². The Bertz CT molecular complexity index is 995.